The molecule has 2 rings (SSSR count). The molecule has 2 heterocycles. The summed E-state index contributed by atoms with van der Waals surface area (Å²) >= 11 is 5.60. The van der Waals surface area contributed by atoms with Gasteiger partial charge in [0.15, 0.2) is 5.65 Å². The molecular weight excluding hydrogens is 214 g/mol. The Morgan fingerprint density at radius 1 is 1.53 bits per heavy atom. The summed E-state index contributed by atoms with van der Waals surface area (Å²) in [5.41, 5.74) is 1.23. The second-order valence-electron chi connectivity index (χ2n) is 3.25. The zero-order valence-electron chi connectivity index (χ0n) is 8.06. The molecular formula is C10H10ClN3O. The number of allylic oxidation sites excluding steroid dienone is 1. The van der Waals surface area contributed by atoms with Crippen molar-refractivity contribution in [3.63, 3.8) is 0 Å². The number of aromatic nitrogens is 3. The summed E-state index contributed by atoms with van der Waals surface area (Å²) in [6.45, 7) is 4.10. The maximum absolute atomic E-state index is 11.8. The Morgan fingerprint density at radius 3 is 3.00 bits per heavy atom. The summed E-state index contributed by atoms with van der Waals surface area (Å²) in [5, 5.41) is 4.15. The Kier molecular flexibility index (Phi) is 2.60. The lowest BCUT2D eigenvalue weighted by molar-refractivity contribution is 0.652. The van der Waals surface area contributed by atoms with Crippen molar-refractivity contribution >= 4 is 17.2 Å². The molecule has 0 saturated carbocycles. The summed E-state index contributed by atoms with van der Waals surface area (Å²) in [7, 11) is 0. The van der Waals surface area contributed by atoms with Crippen LogP contribution in [0.3, 0.4) is 0 Å². The van der Waals surface area contributed by atoms with Gasteiger partial charge in [0, 0.05) is 12.1 Å². The minimum Gasteiger partial charge on any atom is -0.250 e. The number of nitrogens with zero attached hydrogens (tertiary/aromatic N) is 3. The lowest BCUT2D eigenvalue weighted by atomic mass is 10.3. The van der Waals surface area contributed by atoms with E-state index in [1.165, 1.54) is 9.08 Å². The van der Waals surface area contributed by atoms with E-state index in [0.29, 0.717) is 18.1 Å². The molecule has 0 spiro atoms. The molecule has 0 amide bonds. The van der Waals surface area contributed by atoms with Crippen LogP contribution >= 0.6 is 11.6 Å². The summed E-state index contributed by atoms with van der Waals surface area (Å²) in [4.78, 5) is 11.8. The zero-order chi connectivity index (χ0) is 10.8. The number of pyridine rings is 1. The molecule has 0 aliphatic carbocycles. The third-order valence-electron chi connectivity index (χ3n) is 2.05. The largest absolute Gasteiger partial charge is 0.350 e. The van der Waals surface area contributed by atoms with E-state index in [1.54, 1.807) is 18.3 Å². The third-order valence-corrected chi connectivity index (χ3v) is 2.43. The Hall–Kier alpha value is -1.55. The van der Waals surface area contributed by atoms with Gasteiger partial charge in [0.1, 0.15) is 0 Å². The van der Waals surface area contributed by atoms with Crippen LogP contribution in [-0.2, 0) is 6.54 Å². The molecule has 0 saturated heterocycles. The summed E-state index contributed by atoms with van der Waals surface area (Å²) < 4.78 is 2.85. The van der Waals surface area contributed by atoms with Crippen LogP contribution in [0.25, 0.3) is 5.65 Å². The number of hydrogen-bond acceptors (Lipinski definition) is 2. The van der Waals surface area contributed by atoms with Crippen molar-refractivity contribution in [2.24, 2.45) is 0 Å². The van der Waals surface area contributed by atoms with Gasteiger partial charge in [-0.2, -0.15) is 0 Å². The lowest BCUT2D eigenvalue weighted by Gasteiger charge is -1.98. The molecule has 0 aromatic carbocycles. The van der Waals surface area contributed by atoms with Gasteiger partial charge in [-0.3, -0.25) is 4.40 Å². The molecule has 0 aliphatic rings. The van der Waals surface area contributed by atoms with Crippen molar-refractivity contribution in [1.29, 1.82) is 0 Å². The van der Waals surface area contributed by atoms with Gasteiger partial charge in [-0.25, -0.2) is 9.48 Å². The van der Waals surface area contributed by atoms with Crippen LogP contribution < -0.4 is 5.69 Å². The molecule has 5 heteroatoms. The van der Waals surface area contributed by atoms with Crippen molar-refractivity contribution in [3.8, 4) is 0 Å². The minimum absolute atomic E-state index is 0.170. The molecule has 2 aromatic heterocycles. The highest BCUT2D eigenvalue weighted by Crippen LogP contribution is 1.99. The first kappa shape index (κ1) is 9.98. The van der Waals surface area contributed by atoms with E-state index in [9.17, 15) is 4.79 Å². The maximum atomic E-state index is 11.8. The van der Waals surface area contributed by atoms with Crippen molar-refractivity contribution < 1.29 is 0 Å². The first-order valence-corrected chi connectivity index (χ1v) is 5.02. The highest BCUT2D eigenvalue weighted by Gasteiger charge is 2.05. The molecule has 2 aromatic rings. The standard InChI is InChI=1S/C10H10ClN3O/c1-8(6-11)7-14-10(15)13-5-3-2-4-9(13)12-14/h2-5H,1,6-7H2. The first-order chi connectivity index (χ1) is 7.22. The molecule has 15 heavy (non-hydrogen) atoms. The minimum atomic E-state index is -0.170. The molecule has 0 N–H and O–H groups in total. The van der Waals surface area contributed by atoms with Crippen LogP contribution in [0.1, 0.15) is 0 Å². The number of alkyl halides is 1. The molecule has 0 unspecified atom stereocenters. The predicted molar refractivity (Wildman–Crippen MR) is 59.3 cm³/mol. The lowest BCUT2D eigenvalue weighted by Crippen LogP contribution is -2.22. The smallest absolute Gasteiger partial charge is 0.250 e. The van der Waals surface area contributed by atoms with Gasteiger partial charge in [0.2, 0.25) is 0 Å². The fourth-order valence-electron chi connectivity index (χ4n) is 1.33. The van der Waals surface area contributed by atoms with E-state index in [1.807, 2.05) is 6.07 Å². The summed E-state index contributed by atoms with van der Waals surface area (Å²) in [5.74, 6) is 0.334. The fraction of sp³-hybridized carbons (Fsp3) is 0.200. The monoisotopic (exact) mass is 223 g/mol. The number of halogens is 1. The van der Waals surface area contributed by atoms with Crippen molar-refractivity contribution in [2.75, 3.05) is 5.88 Å². The van der Waals surface area contributed by atoms with Crippen molar-refractivity contribution in [1.82, 2.24) is 14.2 Å². The molecule has 4 nitrogen and oxygen atoms in total. The van der Waals surface area contributed by atoms with E-state index in [0.717, 1.165) is 5.57 Å². The summed E-state index contributed by atoms with van der Waals surface area (Å²) in [6.07, 6.45) is 1.69. The SMILES string of the molecule is C=C(CCl)Cn1nc2ccccn2c1=O. The molecule has 78 valence electrons. The highest BCUT2D eigenvalue weighted by atomic mass is 35.5. The van der Waals surface area contributed by atoms with Crippen LogP contribution in [-0.4, -0.2) is 20.1 Å². The first-order valence-electron chi connectivity index (χ1n) is 4.49. The Bertz CT molecular complexity index is 555. The zero-order valence-corrected chi connectivity index (χ0v) is 8.81. The second-order valence-corrected chi connectivity index (χ2v) is 3.52. The second kappa shape index (κ2) is 3.90. The number of hydrogen-bond donors (Lipinski definition) is 0. The average Bonchev–Trinajstić information content (AvgIpc) is 2.57. The van der Waals surface area contributed by atoms with E-state index < -0.39 is 0 Å². The van der Waals surface area contributed by atoms with Crippen molar-refractivity contribution in [2.45, 2.75) is 6.54 Å². The van der Waals surface area contributed by atoms with Gasteiger partial charge in [0.05, 0.1) is 6.54 Å². The van der Waals surface area contributed by atoms with Gasteiger partial charge >= 0.3 is 5.69 Å². The normalized spacial score (nSPS) is 10.7. The molecule has 0 bridgehead atoms. The Labute approximate surface area is 91.4 Å². The highest BCUT2D eigenvalue weighted by molar-refractivity contribution is 6.19. The van der Waals surface area contributed by atoms with Gasteiger partial charge in [-0.1, -0.05) is 12.6 Å². The molecule has 0 radical (unpaired) electrons. The quantitative estimate of drug-likeness (QED) is 0.581. The van der Waals surface area contributed by atoms with Crippen LogP contribution in [0.2, 0.25) is 0 Å². The average molecular weight is 224 g/mol. The maximum Gasteiger partial charge on any atom is 0.350 e. The topological polar surface area (TPSA) is 39.3 Å². The molecule has 0 atom stereocenters. The van der Waals surface area contributed by atoms with Gasteiger partial charge in [0.25, 0.3) is 0 Å². The van der Waals surface area contributed by atoms with Gasteiger partial charge in [-0.05, 0) is 17.7 Å². The van der Waals surface area contributed by atoms with E-state index in [2.05, 4.69) is 11.7 Å². The van der Waals surface area contributed by atoms with Crippen LogP contribution in [0.15, 0.2) is 41.3 Å². The Balaban J connectivity index is 2.49. The van der Waals surface area contributed by atoms with E-state index >= 15 is 0 Å². The number of fused-ring (bicyclic) bond motifs is 1. The van der Waals surface area contributed by atoms with Crippen LogP contribution in [0.5, 0.6) is 0 Å². The Morgan fingerprint density at radius 2 is 2.33 bits per heavy atom. The predicted octanol–water partition coefficient (Wildman–Crippen LogP) is 1.29. The fourth-order valence-corrected chi connectivity index (χ4v) is 1.41. The molecule has 0 fully saturated rings. The van der Waals surface area contributed by atoms with Crippen LogP contribution in [0.4, 0.5) is 0 Å². The van der Waals surface area contributed by atoms with E-state index in [-0.39, 0.29) is 5.69 Å². The number of rotatable bonds is 3. The summed E-state index contributed by atoms with van der Waals surface area (Å²) in [6, 6.07) is 5.40. The van der Waals surface area contributed by atoms with Gasteiger partial charge in [-0.15, -0.1) is 16.7 Å². The van der Waals surface area contributed by atoms with Crippen LogP contribution in [0, 0.1) is 0 Å². The van der Waals surface area contributed by atoms with E-state index in [4.69, 9.17) is 11.6 Å². The van der Waals surface area contributed by atoms with Crippen molar-refractivity contribution in [3.05, 3.63) is 47.0 Å². The third kappa shape index (κ3) is 1.80. The molecule has 0 aliphatic heterocycles. The van der Waals surface area contributed by atoms with Gasteiger partial charge < -0.3 is 0 Å².